The van der Waals surface area contributed by atoms with Crippen LogP contribution in [-0.2, 0) is 0 Å². The zero-order valence-electron chi connectivity index (χ0n) is 7.04. The van der Waals surface area contributed by atoms with Gasteiger partial charge in [0.2, 0.25) is 0 Å². The molecule has 0 atom stereocenters. The highest BCUT2D eigenvalue weighted by atomic mass is 35.5. The number of aromatic nitrogens is 2. The average molecular weight is 208 g/mol. The van der Waals surface area contributed by atoms with Crippen LogP contribution < -0.4 is 5.56 Å². The largest absolute Gasteiger partial charge is 0.268 e. The van der Waals surface area contributed by atoms with E-state index < -0.39 is 0 Å². The lowest BCUT2D eigenvalue weighted by molar-refractivity contribution is 1.06. The van der Waals surface area contributed by atoms with E-state index in [1.54, 1.807) is 30.6 Å². The van der Waals surface area contributed by atoms with Crippen molar-refractivity contribution in [1.29, 1.82) is 5.26 Å². The summed E-state index contributed by atoms with van der Waals surface area (Å²) in [6.07, 6.45) is 3.42. The predicted octanol–water partition coefficient (Wildman–Crippen LogP) is 1.15. The molecule has 70 valence electrons. The Bertz CT molecular complexity index is 556. The maximum Gasteiger partial charge on any atom is 0.264 e. The SMILES string of the molecule is Cl.N#Cn1c(=O)ccc2ncccc21. The van der Waals surface area contributed by atoms with Crippen LogP contribution in [0.3, 0.4) is 0 Å². The molecule has 14 heavy (non-hydrogen) atoms. The van der Waals surface area contributed by atoms with E-state index in [-0.39, 0.29) is 18.0 Å². The molecule has 0 saturated heterocycles. The molecule has 0 radical (unpaired) electrons. The van der Waals surface area contributed by atoms with Gasteiger partial charge in [0.15, 0.2) is 6.19 Å². The van der Waals surface area contributed by atoms with Crippen LogP contribution in [0.1, 0.15) is 0 Å². The van der Waals surface area contributed by atoms with E-state index in [2.05, 4.69) is 4.98 Å². The lowest BCUT2D eigenvalue weighted by Gasteiger charge is -1.98. The van der Waals surface area contributed by atoms with Crippen molar-refractivity contribution in [3.05, 3.63) is 40.8 Å². The van der Waals surface area contributed by atoms with E-state index in [1.165, 1.54) is 6.07 Å². The monoisotopic (exact) mass is 207 g/mol. The Kier molecular flexibility index (Phi) is 2.85. The number of nitrogens with zero attached hydrogens (tertiary/aromatic N) is 3. The van der Waals surface area contributed by atoms with Gasteiger partial charge in [0.05, 0.1) is 11.0 Å². The molecular weight excluding hydrogens is 202 g/mol. The normalized spacial score (nSPS) is 9.07. The Morgan fingerprint density at radius 3 is 2.86 bits per heavy atom. The minimum absolute atomic E-state index is 0. The molecule has 0 fully saturated rings. The van der Waals surface area contributed by atoms with Gasteiger partial charge in [0.25, 0.3) is 5.56 Å². The maximum absolute atomic E-state index is 11.2. The number of pyridine rings is 2. The zero-order chi connectivity index (χ0) is 9.26. The van der Waals surface area contributed by atoms with Gasteiger partial charge in [-0.1, -0.05) is 0 Å². The van der Waals surface area contributed by atoms with E-state index in [0.717, 1.165) is 4.57 Å². The van der Waals surface area contributed by atoms with Crippen LogP contribution in [0.2, 0.25) is 0 Å². The third-order valence-corrected chi connectivity index (χ3v) is 1.76. The van der Waals surface area contributed by atoms with E-state index in [4.69, 9.17) is 5.26 Å². The fraction of sp³-hybridized carbons (Fsp3) is 0. The lowest BCUT2D eigenvalue weighted by Crippen LogP contribution is -2.15. The Morgan fingerprint density at radius 2 is 2.14 bits per heavy atom. The molecule has 4 nitrogen and oxygen atoms in total. The third-order valence-electron chi connectivity index (χ3n) is 1.76. The highest BCUT2D eigenvalue weighted by Crippen LogP contribution is 2.05. The fourth-order valence-electron chi connectivity index (χ4n) is 1.17. The summed E-state index contributed by atoms with van der Waals surface area (Å²) in [7, 11) is 0. The highest BCUT2D eigenvalue weighted by molar-refractivity contribution is 5.85. The molecule has 5 heteroatoms. The first-order chi connectivity index (χ1) is 6.33. The predicted molar refractivity (Wildman–Crippen MR) is 54.3 cm³/mol. The summed E-state index contributed by atoms with van der Waals surface area (Å²) in [6, 6.07) is 6.31. The van der Waals surface area contributed by atoms with E-state index in [1.807, 2.05) is 0 Å². The second-order valence-electron chi connectivity index (χ2n) is 2.51. The van der Waals surface area contributed by atoms with Gasteiger partial charge in [-0.3, -0.25) is 9.78 Å². The number of halogens is 1. The van der Waals surface area contributed by atoms with Crippen molar-refractivity contribution < 1.29 is 0 Å². The molecule has 2 heterocycles. The van der Waals surface area contributed by atoms with Crippen LogP contribution in [0.5, 0.6) is 0 Å². The zero-order valence-corrected chi connectivity index (χ0v) is 7.86. The first-order valence-corrected chi connectivity index (χ1v) is 3.70. The van der Waals surface area contributed by atoms with E-state index >= 15 is 0 Å². The number of hydrogen-bond acceptors (Lipinski definition) is 3. The van der Waals surface area contributed by atoms with E-state index in [9.17, 15) is 4.79 Å². The third kappa shape index (κ3) is 1.45. The Hall–Kier alpha value is -1.86. The quantitative estimate of drug-likeness (QED) is 0.651. The highest BCUT2D eigenvalue weighted by Gasteiger charge is 2.00. The molecule has 0 aliphatic carbocycles. The number of hydrogen-bond donors (Lipinski definition) is 0. The van der Waals surface area contributed by atoms with Crippen molar-refractivity contribution in [2.75, 3.05) is 0 Å². The van der Waals surface area contributed by atoms with Gasteiger partial charge >= 0.3 is 0 Å². The van der Waals surface area contributed by atoms with Crippen molar-refractivity contribution >= 4 is 23.4 Å². The van der Waals surface area contributed by atoms with Gasteiger partial charge in [-0.05, 0) is 18.2 Å². The van der Waals surface area contributed by atoms with Crippen molar-refractivity contribution in [3.8, 4) is 6.19 Å². The molecule has 0 unspecified atom stereocenters. The van der Waals surface area contributed by atoms with Gasteiger partial charge in [0.1, 0.15) is 0 Å². The van der Waals surface area contributed by atoms with Crippen molar-refractivity contribution in [2.45, 2.75) is 0 Å². The smallest absolute Gasteiger partial charge is 0.264 e. The van der Waals surface area contributed by atoms with Crippen LogP contribution >= 0.6 is 12.4 Å². The minimum atomic E-state index is -0.331. The summed E-state index contributed by atoms with van der Waals surface area (Å²) in [4.78, 5) is 15.2. The summed E-state index contributed by atoms with van der Waals surface area (Å²) >= 11 is 0. The van der Waals surface area contributed by atoms with Crippen LogP contribution in [0.25, 0.3) is 11.0 Å². The second kappa shape index (κ2) is 3.90. The molecule has 2 rings (SSSR count). The number of fused-ring (bicyclic) bond motifs is 1. The topological polar surface area (TPSA) is 58.7 Å². The van der Waals surface area contributed by atoms with Crippen molar-refractivity contribution in [2.24, 2.45) is 0 Å². The molecule has 0 spiro atoms. The van der Waals surface area contributed by atoms with Gasteiger partial charge < -0.3 is 0 Å². The van der Waals surface area contributed by atoms with Crippen molar-refractivity contribution in [1.82, 2.24) is 9.55 Å². The molecule has 0 aliphatic rings. The minimum Gasteiger partial charge on any atom is -0.268 e. The molecule has 0 N–H and O–H groups in total. The Labute approximate surface area is 85.8 Å². The summed E-state index contributed by atoms with van der Waals surface area (Å²) in [5.41, 5.74) is 0.851. The van der Waals surface area contributed by atoms with E-state index in [0.29, 0.717) is 11.0 Å². The van der Waals surface area contributed by atoms with Gasteiger partial charge in [-0.25, -0.2) is 4.57 Å². The van der Waals surface area contributed by atoms with Crippen LogP contribution in [0.4, 0.5) is 0 Å². The molecule has 2 aromatic rings. The molecule has 0 bridgehead atoms. The van der Waals surface area contributed by atoms with Gasteiger partial charge in [0, 0.05) is 12.3 Å². The first kappa shape index (κ1) is 10.2. The van der Waals surface area contributed by atoms with Crippen LogP contribution in [0.15, 0.2) is 35.3 Å². The maximum atomic E-state index is 11.2. The first-order valence-electron chi connectivity index (χ1n) is 3.70. The van der Waals surface area contributed by atoms with Gasteiger partial charge in [-0.15, -0.1) is 12.4 Å². The summed E-state index contributed by atoms with van der Waals surface area (Å²) in [6.45, 7) is 0. The summed E-state index contributed by atoms with van der Waals surface area (Å²) in [5.74, 6) is 0. The lowest BCUT2D eigenvalue weighted by atomic mass is 10.3. The average Bonchev–Trinajstić information content (AvgIpc) is 2.18. The Balaban J connectivity index is 0.000000980. The molecule has 0 aromatic carbocycles. The molecular formula is C9H6ClN3O. The molecule has 0 amide bonds. The van der Waals surface area contributed by atoms with Crippen LogP contribution in [0, 0.1) is 11.5 Å². The number of nitriles is 1. The summed E-state index contributed by atoms with van der Waals surface area (Å²) in [5, 5.41) is 8.70. The molecule has 0 saturated carbocycles. The van der Waals surface area contributed by atoms with Crippen molar-refractivity contribution in [3.63, 3.8) is 0 Å². The standard InChI is InChI=1S/C9H5N3O.ClH/c10-6-12-8-2-1-5-11-7(8)3-4-9(12)13;/h1-5H;1H. The second-order valence-corrected chi connectivity index (χ2v) is 2.51. The molecule has 2 aromatic heterocycles. The Morgan fingerprint density at radius 1 is 1.36 bits per heavy atom. The molecule has 0 aliphatic heterocycles. The fourth-order valence-corrected chi connectivity index (χ4v) is 1.17. The van der Waals surface area contributed by atoms with Gasteiger partial charge in [-0.2, -0.15) is 5.26 Å². The number of rotatable bonds is 0. The van der Waals surface area contributed by atoms with Crippen LogP contribution in [-0.4, -0.2) is 9.55 Å². The summed E-state index contributed by atoms with van der Waals surface area (Å²) < 4.78 is 1.02.